The molecule has 0 spiro atoms. The first-order valence-electron chi connectivity index (χ1n) is 18.3. The standard InChI is InChI=1S/C51H33N3/c1-3-12-34(13-4-1)46-22-11-18-36-24-28-44(33-48(36)46)51-53-49(37-15-5-2-6-16-37)52-50(54-51)43-29-27-40-30-39(25-26-41(40)32-43)38-19-9-20-42(31-38)47-23-10-17-35-14-7-8-21-45(35)47/h1-33H. The van der Waals surface area contributed by atoms with E-state index in [1.54, 1.807) is 0 Å². The van der Waals surface area contributed by atoms with E-state index in [2.05, 4.69) is 170 Å². The Kier molecular flexibility index (Phi) is 7.81. The molecule has 0 saturated heterocycles. The molecule has 10 rings (SSSR count). The highest BCUT2D eigenvalue weighted by molar-refractivity contribution is 5.99. The minimum atomic E-state index is 0.643. The number of nitrogens with zero attached hydrogens (tertiary/aromatic N) is 3. The molecule has 0 aliphatic heterocycles. The lowest BCUT2D eigenvalue weighted by Gasteiger charge is -2.12. The van der Waals surface area contributed by atoms with Crippen molar-refractivity contribution >= 4 is 32.3 Å². The topological polar surface area (TPSA) is 38.7 Å². The van der Waals surface area contributed by atoms with Crippen LogP contribution in [0.2, 0.25) is 0 Å². The molecule has 54 heavy (non-hydrogen) atoms. The van der Waals surface area contributed by atoms with Gasteiger partial charge in [-0.15, -0.1) is 0 Å². The molecule has 3 heteroatoms. The molecule has 0 fully saturated rings. The maximum Gasteiger partial charge on any atom is 0.164 e. The highest BCUT2D eigenvalue weighted by Gasteiger charge is 2.15. The predicted octanol–water partition coefficient (Wildman–Crippen LogP) is 13.3. The normalized spacial score (nSPS) is 11.3. The smallest absolute Gasteiger partial charge is 0.164 e. The molecule has 9 aromatic carbocycles. The molecule has 1 heterocycles. The Labute approximate surface area is 313 Å². The molecule has 252 valence electrons. The Morgan fingerprint density at radius 3 is 1.39 bits per heavy atom. The molecule has 0 unspecified atom stereocenters. The average molecular weight is 688 g/mol. The summed E-state index contributed by atoms with van der Waals surface area (Å²) in [6.07, 6.45) is 0. The molecule has 0 aliphatic carbocycles. The second kappa shape index (κ2) is 13.4. The Morgan fingerprint density at radius 2 is 0.667 bits per heavy atom. The van der Waals surface area contributed by atoms with Crippen molar-refractivity contribution in [3.05, 3.63) is 200 Å². The summed E-state index contributed by atoms with van der Waals surface area (Å²) in [5.74, 6) is 1.93. The Bertz CT molecular complexity index is 2980. The Morgan fingerprint density at radius 1 is 0.222 bits per heavy atom. The van der Waals surface area contributed by atoms with Gasteiger partial charge in [0.25, 0.3) is 0 Å². The third-order valence-electron chi connectivity index (χ3n) is 10.3. The fourth-order valence-corrected chi connectivity index (χ4v) is 7.54. The van der Waals surface area contributed by atoms with Gasteiger partial charge in [-0.3, -0.25) is 0 Å². The van der Waals surface area contributed by atoms with E-state index in [0.717, 1.165) is 32.8 Å². The van der Waals surface area contributed by atoms with Crippen molar-refractivity contribution in [1.82, 2.24) is 15.0 Å². The lowest BCUT2D eigenvalue weighted by atomic mass is 9.94. The minimum Gasteiger partial charge on any atom is -0.208 e. The molecule has 0 radical (unpaired) electrons. The van der Waals surface area contributed by atoms with Gasteiger partial charge in [0.15, 0.2) is 17.5 Å². The number of fused-ring (bicyclic) bond motifs is 3. The second-order valence-electron chi connectivity index (χ2n) is 13.7. The average Bonchev–Trinajstić information content (AvgIpc) is 3.26. The number of hydrogen-bond acceptors (Lipinski definition) is 3. The number of benzene rings is 9. The van der Waals surface area contributed by atoms with Gasteiger partial charge in [-0.2, -0.15) is 0 Å². The minimum absolute atomic E-state index is 0.643. The van der Waals surface area contributed by atoms with Crippen molar-refractivity contribution < 1.29 is 0 Å². The Balaban J connectivity index is 1.05. The lowest BCUT2D eigenvalue weighted by molar-refractivity contribution is 1.08. The predicted molar refractivity (Wildman–Crippen MR) is 225 cm³/mol. The van der Waals surface area contributed by atoms with Gasteiger partial charge < -0.3 is 0 Å². The lowest BCUT2D eigenvalue weighted by Crippen LogP contribution is -2.00. The fourth-order valence-electron chi connectivity index (χ4n) is 7.54. The van der Waals surface area contributed by atoms with Crippen LogP contribution >= 0.6 is 0 Å². The maximum absolute atomic E-state index is 5.12. The van der Waals surface area contributed by atoms with Gasteiger partial charge in [0.05, 0.1) is 0 Å². The molecule has 3 nitrogen and oxygen atoms in total. The zero-order valence-electron chi connectivity index (χ0n) is 29.4. The largest absolute Gasteiger partial charge is 0.208 e. The van der Waals surface area contributed by atoms with Gasteiger partial charge in [0.1, 0.15) is 0 Å². The number of rotatable bonds is 6. The van der Waals surface area contributed by atoms with Gasteiger partial charge >= 0.3 is 0 Å². The third kappa shape index (κ3) is 5.88. The van der Waals surface area contributed by atoms with Crippen molar-refractivity contribution in [3.8, 4) is 67.5 Å². The first-order valence-corrected chi connectivity index (χ1v) is 18.3. The van der Waals surface area contributed by atoms with E-state index in [1.165, 1.54) is 49.5 Å². The van der Waals surface area contributed by atoms with Crippen molar-refractivity contribution in [2.24, 2.45) is 0 Å². The third-order valence-corrected chi connectivity index (χ3v) is 10.3. The summed E-state index contributed by atoms with van der Waals surface area (Å²) in [6.45, 7) is 0. The van der Waals surface area contributed by atoms with Crippen LogP contribution in [0.3, 0.4) is 0 Å². The van der Waals surface area contributed by atoms with Crippen LogP contribution in [0.4, 0.5) is 0 Å². The van der Waals surface area contributed by atoms with Crippen LogP contribution < -0.4 is 0 Å². The van der Waals surface area contributed by atoms with Crippen LogP contribution in [0.1, 0.15) is 0 Å². The van der Waals surface area contributed by atoms with E-state index < -0.39 is 0 Å². The summed E-state index contributed by atoms with van der Waals surface area (Å²) in [7, 11) is 0. The molecule has 0 saturated carbocycles. The van der Waals surface area contributed by atoms with E-state index in [1.807, 2.05) is 30.3 Å². The number of aromatic nitrogens is 3. The van der Waals surface area contributed by atoms with Crippen LogP contribution in [0, 0.1) is 0 Å². The van der Waals surface area contributed by atoms with Crippen LogP contribution in [-0.2, 0) is 0 Å². The van der Waals surface area contributed by atoms with E-state index in [4.69, 9.17) is 15.0 Å². The van der Waals surface area contributed by atoms with Gasteiger partial charge in [-0.1, -0.05) is 176 Å². The van der Waals surface area contributed by atoms with Crippen LogP contribution in [-0.4, -0.2) is 15.0 Å². The zero-order valence-corrected chi connectivity index (χ0v) is 29.4. The van der Waals surface area contributed by atoms with E-state index >= 15 is 0 Å². The Hall–Kier alpha value is -7.23. The molecule has 0 bridgehead atoms. The zero-order chi connectivity index (χ0) is 35.8. The van der Waals surface area contributed by atoms with E-state index in [0.29, 0.717) is 17.5 Å². The van der Waals surface area contributed by atoms with Gasteiger partial charge in [0.2, 0.25) is 0 Å². The van der Waals surface area contributed by atoms with Gasteiger partial charge in [-0.05, 0) is 90.0 Å². The molecule has 0 amide bonds. The molecular weight excluding hydrogens is 655 g/mol. The summed E-state index contributed by atoms with van der Waals surface area (Å²) in [5.41, 5.74) is 10.0. The highest BCUT2D eigenvalue weighted by Crippen LogP contribution is 2.35. The molecule has 10 aromatic rings. The second-order valence-corrected chi connectivity index (χ2v) is 13.7. The highest BCUT2D eigenvalue weighted by atomic mass is 15.0. The summed E-state index contributed by atoms with van der Waals surface area (Å²) in [5, 5.41) is 7.13. The van der Waals surface area contributed by atoms with Crippen LogP contribution in [0.25, 0.3) is 99.9 Å². The van der Waals surface area contributed by atoms with Crippen molar-refractivity contribution in [3.63, 3.8) is 0 Å². The van der Waals surface area contributed by atoms with Gasteiger partial charge in [-0.25, -0.2) is 15.0 Å². The fraction of sp³-hybridized carbons (Fsp3) is 0. The first kappa shape index (κ1) is 31.5. The molecule has 0 aliphatic rings. The van der Waals surface area contributed by atoms with Crippen molar-refractivity contribution in [2.75, 3.05) is 0 Å². The van der Waals surface area contributed by atoms with Crippen LogP contribution in [0.5, 0.6) is 0 Å². The summed E-state index contributed by atoms with van der Waals surface area (Å²) >= 11 is 0. The SMILES string of the molecule is c1ccc(-c2nc(-c3ccc4cc(-c5cccc(-c6cccc7ccccc67)c5)ccc4c3)nc(-c3ccc4cccc(-c5ccccc5)c4c3)n2)cc1. The van der Waals surface area contributed by atoms with E-state index in [-0.39, 0.29) is 0 Å². The summed E-state index contributed by atoms with van der Waals surface area (Å²) in [6, 6.07) is 70.7. The van der Waals surface area contributed by atoms with Crippen LogP contribution in [0.15, 0.2) is 200 Å². The molecule has 1 aromatic heterocycles. The monoisotopic (exact) mass is 687 g/mol. The molecule has 0 N–H and O–H groups in total. The summed E-state index contributed by atoms with van der Waals surface area (Å²) < 4.78 is 0. The number of hydrogen-bond donors (Lipinski definition) is 0. The van der Waals surface area contributed by atoms with E-state index in [9.17, 15) is 0 Å². The first-order chi connectivity index (χ1) is 26.7. The summed E-state index contributed by atoms with van der Waals surface area (Å²) in [4.78, 5) is 15.2. The molecular formula is C51H33N3. The molecule has 0 atom stereocenters. The van der Waals surface area contributed by atoms with Crippen molar-refractivity contribution in [2.45, 2.75) is 0 Å². The van der Waals surface area contributed by atoms with Gasteiger partial charge in [0, 0.05) is 16.7 Å². The quantitative estimate of drug-likeness (QED) is 0.175. The maximum atomic E-state index is 5.12. The van der Waals surface area contributed by atoms with Crippen molar-refractivity contribution in [1.29, 1.82) is 0 Å².